The van der Waals surface area contributed by atoms with Gasteiger partial charge in [-0.25, -0.2) is 0 Å². The highest BCUT2D eigenvalue weighted by Gasteiger charge is 2.51. The minimum atomic E-state index is -1.70. The molecule has 11 unspecified atom stereocenters. The maximum absolute atomic E-state index is 10.8. The molecule has 220 valence electrons. The lowest BCUT2D eigenvalue weighted by molar-refractivity contribution is -0.363. The summed E-state index contributed by atoms with van der Waals surface area (Å²) in [5.41, 5.74) is 0. The van der Waals surface area contributed by atoms with E-state index in [0.717, 1.165) is 32.1 Å². The first kappa shape index (κ1) is 32.8. The summed E-state index contributed by atoms with van der Waals surface area (Å²) in [5, 5.41) is 71.0. The Bertz CT molecular complexity index is 593. The van der Waals surface area contributed by atoms with E-state index in [2.05, 4.69) is 6.92 Å². The summed E-state index contributed by atoms with van der Waals surface area (Å²) in [5.74, 6) is 0. The van der Waals surface area contributed by atoms with Gasteiger partial charge in [-0.3, -0.25) is 0 Å². The fourth-order valence-electron chi connectivity index (χ4n) is 4.97. The van der Waals surface area contributed by atoms with E-state index in [1.165, 1.54) is 38.5 Å². The molecule has 0 aromatic heterocycles. The van der Waals surface area contributed by atoms with Crippen LogP contribution >= 0.6 is 0 Å². The first-order chi connectivity index (χ1) is 17.8. The van der Waals surface area contributed by atoms with Gasteiger partial charge in [0.1, 0.15) is 48.8 Å². The maximum atomic E-state index is 10.8. The normalized spacial score (nSPS) is 37.5. The predicted molar refractivity (Wildman–Crippen MR) is 133 cm³/mol. The zero-order valence-corrected chi connectivity index (χ0v) is 22.3. The maximum Gasteiger partial charge on any atom is 0.187 e. The van der Waals surface area contributed by atoms with E-state index >= 15 is 0 Å². The van der Waals surface area contributed by atoms with Crippen LogP contribution in [0.15, 0.2) is 0 Å². The van der Waals surface area contributed by atoms with Gasteiger partial charge in [0.2, 0.25) is 0 Å². The molecule has 0 spiro atoms. The monoisotopic (exact) mass is 538 g/mol. The van der Waals surface area contributed by atoms with E-state index in [1.54, 1.807) is 0 Å². The summed E-state index contributed by atoms with van der Waals surface area (Å²) in [6, 6.07) is 0. The van der Waals surface area contributed by atoms with Gasteiger partial charge < -0.3 is 54.7 Å². The molecule has 0 aliphatic carbocycles. The molecule has 11 heteroatoms. The van der Waals surface area contributed by atoms with Crippen LogP contribution in [-0.4, -0.2) is 116 Å². The molecule has 2 aliphatic rings. The molecule has 0 aromatic rings. The van der Waals surface area contributed by atoms with Gasteiger partial charge in [-0.1, -0.05) is 71.6 Å². The van der Waals surface area contributed by atoms with Gasteiger partial charge in [0.05, 0.1) is 19.3 Å². The number of unbranched alkanes of at least 4 members (excludes halogenated alkanes) is 7. The minimum Gasteiger partial charge on any atom is -0.394 e. The summed E-state index contributed by atoms with van der Waals surface area (Å²) in [6.45, 7) is 3.02. The third-order valence-corrected chi connectivity index (χ3v) is 7.28. The summed E-state index contributed by atoms with van der Waals surface area (Å²) in [6.07, 6.45) is -2.62. The predicted octanol–water partition coefficient (Wildman–Crippen LogP) is 0.327. The lowest BCUT2D eigenvalue weighted by Crippen LogP contribution is -2.64. The van der Waals surface area contributed by atoms with Gasteiger partial charge in [0, 0.05) is 0 Å². The van der Waals surface area contributed by atoms with Crippen LogP contribution in [0.5, 0.6) is 0 Å². The first-order valence-electron chi connectivity index (χ1n) is 14.0. The van der Waals surface area contributed by atoms with Gasteiger partial charge in [-0.15, -0.1) is 0 Å². The van der Waals surface area contributed by atoms with E-state index in [4.69, 9.17) is 18.9 Å². The van der Waals surface area contributed by atoms with Crippen molar-refractivity contribution >= 4 is 0 Å². The standard InChI is InChI=1S/C26H50O11/c1-3-5-6-7-8-9-10-11-13-16(12-4-2)34-25-23(33)21(31)24(18(15-28)36-25)37-26-22(32)20(30)19(29)17(14-27)35-26/h16-33H,3-15H2,1-2H3. The third-order valence-electron chi connectivity index (χ3n) is 7.28. The molecule has 0 bridgehead atoms. The number of hydrogen-bond acceptors (Lipinski definition) is 11. The van der Waals surface area contributed by atoms with Gasteiger partial charge in [0.25, 0.3) is 0 Å². The average Bonchev–Trinajstić information content (AvgIpc) is 2.89. The Balaban J connectivity index is 1.91. The van der Waals surface area contributed by atoms with Crippen molar-refractivity contribution in [2.45, 2.75) is 152 Å². The highest BCUT2D eigenvalue weighted by Crippen LogP contribution is 2.30. The van der Waals surface area contributed by atoms with Crippen LogP contribution in [0, 0.1) is 0 Å². The highest BCUT2D eigenvalue weighted by molar-refractivity contribution is 4.94. The number of ether oxygens (including phenoxy) is 4. The Kier molecular flexibility index (Phi) is 15.3. The molecule has 2 aliphatic heterocycles. The van der Waals surface area contributed by atoms with Crippen LogP contribution in [0.2, 0.25) is 0 Å². The Hall–Kier alpha value is -0.440. The van der Waals surface area contributed by atoms with Crippen LogP contribution in [-0.2, 0) is 18.9 Å². The number of aliphatic hydroxyl groups is 7. The average molecular weight is 539 g/mol. The van der Waals surface area contributed by atoms with Crippen LogP contribution in [0.4, 0.5) is 0 Å². The fraction of sp³-hybridized carbons (Fsp3) is 1.00. The van der Waals surface area contributed by atoms with Crippen molar-refractivity contribution in [3.05, 3.63) is 0 Å². The van der Waals surface area contributed by atoms with Gasteiger partial charge in [0.15, 0.2) is 12.6 Å². The Morgan fingerprint density at radius 1 is 0.595 bits per heavy atom. The van der Waals surface area contributed by atoms with Gasteiger partial charge >= 0.3 is 0 Å². The van der Waals surface area contributed by atoms with Gasteiger partial charge in [-0.05, 0) is 12.8 Å². The molecular formula is C26H50O11. The third kappa shape index (κ3) is 9.61. The summed E-state index contributed by atoms with van der Waals surface area (Å²) < 4.78 is 22.7. The van der Waals surface area contributed by atoms with Crippen LogP contribution in [0.25, 0.3) is 0 Å². The Labute approximate surface area is 220 Å². The SMILES string of the molecule is CCCCCCCCCCC(CCC)OC1OC(CO)C(OC2OC(CO)C(O)C(O)C2O)C(O)C1O. The molecule has 2 rings (SSSR count). The highest BCUT2D eigenvalue weighted by atomic mass is 16.7. The molecular weight excluding hydrogens is 488 g/mol. The fourth-order valence-corrected chi connectivity index (χ4v) is 4.97. The van der Waals surface area contributed by atoms with Crippen molar-refractivity contribution in [1.82, 2.24) is 0 Å². The topological polar surface area (TPSA) is 179 Å². The number of aliphatic hydroxyl groups excluding tert-OH is 7. The molecule has 0 amide bonds. The summed E-state index contributed by atoms with van der Waals surface area (Å²) >= 11 is 0. The minimum absolute atomic E-state index is 0.181. The molecule has 7 N–H and O–H groups in total. The molecule has 11 atom stereocenters. The number of rotatable bonds is 17. The number of hydrogen-bond donors (Lipinski definition) is 7. The molecule has 0 saturated carbocycles. The van der Waals surface area contributed by atoms with Crippen molar-refractivity contribution in [3.8, 4) is 0 Å². The van der Waals surface area contributed by atoms with Crippen molar-refractivity contribution in [1.29, 1.82) is 0 Å². The first-order valence-corrected chi connectivity index (χ1v) is 14.0. The lowest BCUT2D eigenvalue weighted by atomic mass is 9.97. The molecule has 0 aromatic carbocycles. The van der Waals surface area contributed by atoms with Crippen LogP contribution in [0.3, 0.4) is 0 Å². The zero-order chi connectivity index (χ0) is 27.4. The molecule has 37 heavy (non-hydrogen) atoms. The second kappa shape index (κ2) is 17.3. The van der Waals surface area contributed by atoms with E-state index in [0.29, 0.717) is 0 Å². The van der Waals surface area contributed by atoms with Crippen molar-refractivity contribution in [3.63, 3.8) is 0 Å². The summed E-state index contributed by atoms with van der Waals surface area (Å²) in [7, 11) is 0. The second-order valence-corrected chi connectivity index (χ2v) is 10.3. The summed E-state index contributed by atoms with van der Waals surface area (Å²) in [4.78, 5) is 0. The zero-order valence-electron chi connectivity index (χ0n) is 22.3. The van der Waals surface area contributed by atoms with E-state index in [-0.39, 0.29) is 6.10 Å². The lowest BCUT2D eigenvalue weighted by Gasteiger charge is -2.46. The van der Waals surface area contributed by atoms with Crippen LogP contribution in [0.1, 0.15) is 84.5 Å². The molecule has 0 radical (unpaired) electrons. The smallest absolute Gasteiger partial charge is 0.187 e. The molecule has 2 saturated heterocycles. The quantitative estimate of drug-likeness (QED) is 0.127. The van der Waals surface area contributed by atoms with Crippen molar-refractivity contribution in [2.24, 2.45) is 0 Å². The van der Waals surface area contributed by atoms with E-state index in [1.807, 2.05) is 6.92 Å². The van der Waals surface area contributed by atoms with Gasteiger partial charge in [-0.2, -0.15) is 0 Å². The van der Waals surface area contributed by atoms with Crippen LogP contribution < -0.4 is 0 Å². The Morgan fingerprint density at radius 3 is 1.76 bits per heavy atom. The molecule has 11 nitrogen and oxygen atoms in total. The van der Waals surface area contributed by atoms with Crippen molar-refractivity contribution < 1.29 is 54.7 Å². The Morgan fingerprint density at radius 2 is 1.16 bits per heavy atom. The largest absolute Gasteiger partial charge is 0.394 e. The molecule has 2 heterocycles. The van der Waals surface area contributed by atoms with E-state index in [9.17, 15) is 35.7 Å². The van der Waals surface area contributed by atoms with Crippen molar-refractivity contribution in [2.75, 3.05) is 13.2 Å². The second-order valence-electron chi connectivity index (χ2n) is 10.3. The van der Waals surface area contributed by atoms with E-state index < -0.39 is 74.6 Å². The molecule has 2 fully saturated rings.